The number of ether oxygens (including phenoxy) is 1. The van der Waals surface area contributed by atoms with E-state index in [-0.39, 0.29) is 0 Å². The molecular formula is C16H22N4OS. The first kappa shape index (κ1) is 15.4. The average Bonchev–Trinajstić information content (AvgIpc) is 3.03. The zero-order chi connectivity index (χ0) is 15.4. The van der Waals surface area contributed by atoms with Crippen LogP contribution >= 0.6 is 11.3 Å². The topological polar surface area (TPSA) is 40.6 Å². The Morgan fingerprint density at radius 2 is 1.91 bits per heavy atom. The lowest BCUT2D eigenvalue weighted by atomic mass is 10.2. The first-order valence-corrected chi connectivity index (χ1v) is 8.32. The number of benzene rings is 1. The molecule has 1 N–H and O–H groups in total. The normalized spacial score (nSPS) is 16.8. The number of hydrogen-bond acceptors (Lipinski definition) is 6. The predicted octanol–water partition coefficient (Wildman–Crippen LogP) is 2.07. The van der Waals surface area contributed by atoms with Crippen molar-refractivity contribution in [3.8, 4) is 16.2 Å². The van der Waals surface area contributed by atoms with Crippen molar-refractivity contribution in [2.45, 2.75) is 6.54 Å². The maximum absolute atomic E-state index is 5.19. The van der Waals surface area contributed by atoms with Crippen LogP contribution in [0.1, 0.15) is 5.01 Å². The summed E-state index contributed by atoms with van der Waals surface area (Å²) in [5, 5.41) is 3.40. The molecule has 0 spiro atoms. The van der Waals surface area contributed by atoms with Crippen molar-refractivity contribution in [1.82, 2.24) is 20.3 Å². The molecule has 118 valence electrons. The molecule has 0 bridgehead atoms. The fourth-order valence-electron chi connectivity index (χ4n) is 2.42. The second kappa shape index (κ2) is 7.19. The van der Waals surface area contributed by atoms with Crippen LogP contribution in [0.15, 0.2) is 30.5 Å². The molecule has 0 saturated carbocycles. The van der Waals surface area contributed by atoms with Crippen molar-refractivity contribution < 1.29 is 4.74 Å². The van der Waals surface area contributed by atoms with Crippen LogP contribution in [0.25, 0.3) is 10.4 Å². The fourth-order valence-corrected chi connectivity index (χ4v) is 3.28. The molecule has 1 saturated heterocycles. The summed E-state index contributed by atoms with van der Waals surface area (Å²) in [6, 6.07) is 8.11. The summed E-state index contributed by atoms with van der Waals surface area (Å²) in [5.41, 5.74) is 4.66. The average molecular weight is 318 g/mol. The third-order valence-corrected chi connectivity index (χ3v) is 4.93. The Balaban J connectivity index is 1.56. The second-order valence-corrected chi connectivity index (χ2v) is 6.59. The summed E-state index contributed by atoms with van der Waals surface area (Å²) >= 11 is 1.74. The quantitative estimate of drug-likeness (QED) is 0.914. The van der Waals surface area contributed by atoms with Crippen molar-refractivity contribution in [2.24, 2.45) is 0 Å². The van der Waals surface area contributed by atoms with Crippen LogP contribution in [-0.2, 0) is 6.54 Å². The van der Waals surface area contributed by atoms with Crippen LogP contribution in [0.2, 0.25) is 0 Å². The van der Waals surface area contributed by atoms with Gasteiger partial charge in [-0.25, -0.2) is 15.4 Å². The van der Waals surface area contributed by atoms with Gasteiger partial charge in [0.15, 0.2) is 0 Å². The summed E-state index contributed by atoms with van der Waals surface area (Å²) in [6.07, 6.45) is 1.95. The van der Waals surface area contributed by atoms with Gasteiger partial charge in [-0.3, -0.25) is 0 Å². The van der Waals surface area contributed by atoms with E-state index in [2.05, 4.69) is 39.5 Å². The highest BCUT2D eigenvalue weighted by Gasteiger charge is 2.13. The Kier molecular flexibility index (Phi) is 5.04. The van der Waals surface area contributed by atoms with E-state index in [1.165, 1.54) is 10.4 Å². The lowest BCUT2D eigenvalue weighted by Gasteiger charge is -2.32. The Labute approximate surface area is 135 Å². The van der Waals surface area contributed by atoms with Crippen molar-refractivity contribution >= 4 is 11.3 Å². The summed E-state index contributed by atoms with van der Waals surface area (Å²) in [4.78, 5) is 8.07. The van der Waals surface area contributed by atoms with E-state index in [9.17, 15) is 0 Å². The van der Waals surface area contributed by atoms with E-state index in [0.29, 0.717) is 0 Å². The highest BCUT2D eigenvalue weighted by molar-refractivity contribution is 7.15. The van der Waals surface area contributed by atoms with E-state index in [1.54, 1.807) is 18.4 Å². The standard InChI is InChI=1S/C16H22N4OS/c1-19-7-9-20(10-8-19)18-12-16-17-11-15(22-16)13-3-5-14(21-2)6-4-13/h3-6,11,18H,7-10,12H2,1-2H3. The maximum Gasteiger partial charge on any atom is 0.118 e. The smallest absolute Gasteiger partial charge is 0.118 e. The predicted molar refractivity (Wildman–Crippen MR) is 90.0 cm³/mol. The summed E-state index contributed by atoms with van der Waals surface area (Å²) in [7, 11) is 3.85. The van der Waals surface area contributed by atoms with Gasteiger partial charge in [-0.1, -0.05) is 0 Å². The summed E-state index contributed by atoms with van der Waals surface area (Å²) in [6.45, 7) is 5.15. The highest BCUT2D eigenvalue weighted by atomic mass is 32.1. The zero-order valence-electron chi connectivity index (χ0n) is 13.1. The van der Waals surface area contributed by atoms with Gasteiger partial charge in [0.05, 0.1) is 18.5 Å². The molecule has 0 amide bonds. The molecule has 0 radical (unpaired) electrons. The molecule has 1 aromatic heterocycles. The number of methoxy groups -OCH3 is 1. The van der Waals surface area contributed by atoms with Gasteiger partial charge in [0.1, 0.15) is 10.8 Å². The molecule has 0 aliphatic carbocycles. The number of nitrogens with one attached hydrogen (secondary N) is 1. The number of hydrazine groups is 1. The first-order chi connectivity index (χ1) is 10.7. The largest absolute Gasteiger partial charge is 0.497 e. The molecule has 0 atom stereocenters. The summed E-state index contributed by atoms with van der Waals surface area (Å²) in [5.74, 6) is 0.880. The lowest BCUT2D eigenvalue weighted by Crippen LogP contribution is -2.50. The summed E-state index contributed by atoms with van der Waals surface area (Å²) < 4.78 is 5.19. The van der Waals surface area contributed by atoms with Gasteiger partial charge in [-0.05, 0) is 36.9 Å². The molecule has 1 fully saturated rings. The zero-order valence-corrected chi connectivity index (χ0v) is 13.9. The van der Waals surface area contributed by atoms with Gasteiger partial charge in [-0.2, -0.15) is 0 Å². The minimum absolute atomic E-state index is 0.796. The number of piperazine rings is 1. The van der Waals surface area contributed by atoms with Crippen LogP contribution < -0.4 is 10.2 Å². The van der Waals surface area contributed by atoms with Gasteiger partial charge in [0, 0.05) is 32.4 Å². The Bertz CT molecular complexity index is 590. The Morgan fingerprint density at radius 1 is 1.18 bits per heavy atom. The SMILES string of the molecule is COc1ccc(-c2cnc(CNN3CCN(C)CC3)s2)cc1. The molecule has 3 rings (SSSR count). The van der Waals surface area contributed by atoms with Crippen molar-refractivity contribution in [1.29, 1.82) is 0 Å². The number of likely N-dealkylation sites (N-methyl/N-ethyl adjacent to an activating group) is 1. The van der Waals surface area contributed by atoms with Gasteiger partial charge in [0.25, 0.3) is 0 Å². The van der Waals surface area contributed by atoms with E-state index in [0.717, 1.165) is 43.5 Å². The van der Waals surface area contributed by atoms with Gasteiger partial charge >= 0.3 is 0 Å². The van der Waals surface area contributed by atoms with E-state index >= 15 is 0 Å². The molecule has 1 aromatic carbocycles. The third kappa shape index (κ3) is 3.84. The Hall–Kier alpha value is -1.47. The Morgan fingerprint density at radius 3 is 2.59 bits per heavy atom. The van der Waals surface area contributed by atoms with Gasteiger partial charge < -0.3 is 9.64 Å². The number of thiazole rings is 1. The van der Waals surface area contributed by atoms with Crippen LogP contribution in [0.4, 0.5) is 0 Å². The number of aromatic nitrogens is 1. The van der Waals surface area contributed by atoms with Crippen LogP contribution in [0.3, 0.4) is 0 Å². The maximum atomic E-state index is 5.19. The highest BCUT2D eigenvalue weighted by Crippen LogP contribution is 2.27. The van der Waals surface area contributed by atoms with Crippen LogP contribution in [0, 0.1) is 0 Å². The minimum Gasteiger partial charge on any atom is -0.497 e. The van der Waals surface area contributed by atoms with E-state index in [1.807, 2.05) is 18.3 Å². The number of rotatable bonds is 5. The molecule has 1 aliphatic heterocycles. The van der Waals surface area contributed by atoms with Crippen LogP contribution in [-0.4, -0.2) is 55.2 Å². The second-order valence-electron chi connectivity index (χ2n) is 5.47. The first-order valence-electron chi connectivity index (χ1n) is 7.51. The van der Waals surface area contributed by atoms with E-state index < -0.39 is 0 Å². The molecule has 6 heteroatoms. The monoisotopic (exact) mass is 318 g/mol. The molecule has 2 aromatic rings. The van der Waals surface area contributed by atoms with Crippen molar-refractivity contribution in [3.05, 3.63) is 35.5 Å². The fraction of sp³-hybridized carbons (Fsp3) is 0.438. The van der Waals surface area contributed by atoms with Crippen LogP contribution in [0.5, 0.6) is 5.75 Å². The van der Waals surface area contributed by atoms with Crippen molar-refractivity contribution in [3.63, 3.8) is 0 Å². The molecule has 22 heavy (non-hydrogen) atoms. The van der Waals surface area contributed by atoms with Gasteiger partial charge in [0.2, 0.25) is 0 Å². The molecule has 1 aliphatic rings. The van der Waals surface area contributed by atoms with Gasteiger partial charge in [-0.15, -0.1) is 11.3 Å². The minimum atomic E-state index is 0.796. The molecule has 0 unspecified atom stereocenters. The lowest BCUT2D eigenvalue weighted by molar-refractivity contribution is 0.102. The third-order valence-electron chi connectivity index (χ3n) is 3.89. The molecular weight excluding hydrogens is 296 g/mol. The number of hydrogen-bond donors (Lipinski definition) is 1. The molecule has 2 heterocycles. The van der Waals surface area contributed by atoms with Crippen molar-refractivity contribution in [2.75, 3.05) is 40.3 Å². The number of nitrogens with zero attached hydrogens (tertiary/aromatic N) is 3. The molecule has 5 nitrogen and oxygen atoms in total. The van der Waals surface area contributed by atoms with E-state index in [4.69, 9.17) is 4.74 Å².